The van der Waals surface area contributed by atoms with Crippen LogP contribution in [0.5, 0.6) is 0 Å². The third-order valence-electron chi connectivity index (χ3n) is 2.92. The first-order valence-electron chi connectivity index (χ1n) is 5.70. The molecule has 0 nitrogen and oxygen atoms in total. The summed E-state index contributed by atoms with van der Waals surface area (Å²) in [6.45, 7) is 0. The zero-order valence-electron chi connectivity index (χ0n) is 8.71. The molecule has 0 unspecified atom stereocenters. The number of fused-ring (bicyclic) bond motifs is 7. The van der Waals surface area contributed by atoms with Gasteiger partial charge in [0.05, 0.1) is 0 Å². The van der Waals surface area contributed by atoms with Gasteiger partial charge in [0.2, 0.25) is 0 Å². The van der Waals surface area contributed by atoms with Crippen molar-refractivity contribution in [3.63, 3.8) is 0 Å². The topological polar surface area (TPSA) is 0 Å². The van der Waals surface area contributed by atoms with Gasteiger partial charge in [0.15, 0.2) is 0 Å². The lowest BCUT2D eigenvalue weighted by Crippen LogP contribution is -1.81. The van der Waals surface area contributed by atoms with Crippen molar-refractivity contribution in [1.29, 1.82) is 0 Å². The molecule has 0 N–H and O–H groups in total. The molecular formula is C14H18. The highest BCUT2D eigenvalue weighted by Crippen LogP contribution is 2.19. The van der Waals surface area contributed by atoms with E-state index in [1.54, 1.807) is 0 Å². The second-order valence-electron chi connectivity index (χ2n) is 4.12. The van der Waals surface area contributed by atoms with Gasteiger partial charge in [-0.3, -0.25) is 0 Å². The highest BCUT2D eigenvalue weighted by molar-refractivity contribution is 5.35. The Morgan fingerprint density at radius 1 is 0.643 bits per heavy atom. The molecule has 0 heterocycles. The molecule has 0 aromatic rings. The van der Waals surface area contributed by atoms with Crippen molar-refractivity contribution in [2.75, 3.05) is 0 Å². The van der Waals surface area contributed by atoms with Gasteiger partial charge >= 0.3 is 0 Å². The van der Waals surface area contributed by atoms with Crippen molar-refractivity contribution < 1.29 is 0 Å². The average molecular weight is 186 g/mol. The van der Waals surface area contributed by atoms with Crippen molar-refractivity contribution in [3.8, 4) is 0 Å². The van der Waals surface area contributed by atoms with Gasteiger partial charge in [-0.05, 0) is 36.8 Å². The molecule has 74 valence electrons. The Morgan fingerprint density at radius 2 is 1.14 bits per heavy atom. The molecular weight excluding hydrogens is 168 g/mol. The highest BCUT2D eigenvalue weighted by Gasteiger charge is 1.99. The Hall–Kier alpha value is -1.04. The molecule has 0 heteroatoms. The summed E-state index contributed by atoms with van der Waals surface area (Å²) in [7, 11) is 0. The number of rotatable bonds is 0. The molecule has 0 aromatic heterocycles. The smallest absolute Gasteiger partial charge is 0.0279 e. The Labute approximate surface area is 86.7 Å². The molecule has 0 fully saturated rings. The van der Waals surface area contributed by atoms with Gasteiger partial charge in [0.25, 0.3) is 0 Å². The van der Waals surface area contributed by atoms with E-state index in [9.17, 15) is 0 Å². The van der Waals surface area contributed by atoms with Crippen LogP contribution < -0.4 is 0 Å². The second-order valence-corrected chi connectivity index (χ2v) is 4.12. The summed E-state index contributed by atoms with van der Waals surface area (Å²) in [5, 5.41) is 0. The summed E-state index contributed by atoms with van der Waals surface area (Å²) in [6, 6.07) is 0. The molecule has 3 rings (SSSR count). The van der Waals surface area contributed by atoms with Gasteiger partial charge in [-0.2, -0.15) is 0 Å². The van der Waals surface area contributed by atoms with E-state index in [-0.39, 0.29) is 0 Å². The van der Waals surface area contributed by atoms with Crippen LogP contribution in [0.15, 0.2) is 47.6 Å². The van der Waals surface area contributed by atoms with E-state index < -0.39 is 0 Å². The Morgan fingerprint density at radius 3 is 1.64 bits per heavy atom. The minimum absolute atomic E-state index is 1.24. The second kappa shape index (κ2) is 4.99. The quantitative estimate of drug-likeness (QED) is 0.528. The fourth-order valence-electron chi connectivity index (χ4n) is 2.05. The molecule has 0 atom stereocenters. The van der Waals surface area contributed by atoms with Gasteiger partial charge in [-0.25, -0.2) is 0 Å². The minimum Gasteiger partial charge on any atom is -0.0617 e. The van der Waals surface area contributed by atoms with E-state index >= 15 is 0 Å². The highest BCUT2D eigenvalue weighted by atomic mass is 14.1. The fraction of sp³-hybridized carbons (Fsp3) is 0.429. The van der Waals surface area contributed by atoms with Crippen molar-refractivity contribution in [2.24, 2.45) is 0 Å². The number of hydrogen-bond donors (Lipinski definition) is 0. The normalized spacial score (nSPS) is 34.3. The molecule has 0 aromatic carbocycles. The summed E-state index contributed by atoms with van der Waals surface area (Å²) in [4.78, 5) is 0. The average Bonchev–Trinajstić information content (AvgIpc) is 2.22. The first-order chi connectivity index (χ1) is 6.95. The molecule has 0 radical (unpaired) electrons. The van der Waals surface area contributed by atoms with Crippen molar-refractivity contribution >= 4 is 0 Å². The van der Waals surface area contributed by atoms with Crippen LogP contribution in [0.1, 0.15) is 38.5 Å². The largest absolute Gasteiger partial charge is 0.0617 e. The van der Waals surface area contributed by atoms with E-state index in [2.05, 4.69) is 36.5 Å². The van der Waals surface area contributed by atoms with Crippen LogP contribution in [0, 0.1) is 0 Å². The Bertz CT molecular complexity index is 268. The van der Waals surface area contributed by atoms with Crippen molar-refractivity contribution in [2.45, 2.75) is 38.5 Å². The van der Waals surface area contributed by atoms with E-state index in [0.717, 1.165) is 0 Å². The summed E-state index contributed by atoms with van der Waals surface area (Å²) < 4.78 is 0. The lowest BCUT2D eigenvalue weighted by Gasteiger charge is -2.00. The summed E-state index contributed by atoms with van der Waals surface area (Å²) in [6.07, 6.45) is 21.4. The third kappa shape index (κ3) is 2.73. The van der Waals surface area contributed by atoms with Gasteiger partial charge < -0.3 is 0 Å². The van der Waals surface area contributed by atoms with Crippen LogP contribution in [-0.4, -0.2) is 0 Å². The predicted molar refractivity (Wildman–Crippen MR) is 62.1 cm³/mol. The lowest BCUT2D eigenvalue weighted by atomic mass is 10.1. The summed E-state index contributed by atoms with van der Waals surface area (Å²) in [5.41, 5.74) is 2.94. The molecule has 0 saturated carbocycles. The van der Waals surface area contributed by atoms with E-state index in [0.29, 0.717) is 0 Å². The molecule has 14 heavy (non-hydrogen) atoms. The molecule has 2 bridgehead atoms. The third-order valence-corrected chi connectivity index (χ3v) is 2.92. The van der Waals surface area contributed by atoms with Crippen LogP contribution in [0.25, 0.3) is 0 Å². The molecule has 3 aliphatic carbocycles. The van der Waals surface area contributed by atoms with Crippen molar-refractivity contribution in [1.82, 2.24) is 0 Å². The maximum absolute atomic E-state index is 2.26. The van der Waals surface area contributed by atoms with Gasteiger partial charge in [0, 0.05) is 0 Å². The molecule has 0 spiro atoms. The predicted octanol–water partition coefficient (Wildman–Crippen LogP) is 4.32. The van der Waals surface area contributed by atoms with Crippen LogP contribution in [0.3, 0.4) is 0 Å². The summed E-state index contributed by atoms with van der Waals surface area (Å²) in [5.74, 6) is 0. The lowest BCUT2D eigenvalue weighted by molar-refractivity contribution is 0.644. The number of allylic oxidation sites excluding steroid dienone is 8. The maximum atomic E-state index is 2.26. The minimum atomic E-state index is 1.24. The Balaban J connectivity index is 2.18. The van der Waals surface area contributed by atoms with Gasteiger partial charge in [0.1, 0.15) is 0 Å². The standard InChI is InChI=1S/C14H18/c1-2-4-8-14-11-5-9-13(7-3-1)10-6-12-14/h5-6,9-12H,1-4,7-8H2/b9-5-,10-6?,11-5?,12-6-,13-9?,13-10-,14-11-,14-12?. The van der Waals surface area contributed by atoms with Crippen LogP contribution in [-0.2, 0) is 0 Å². The van der Waals surface area contributed by atoms with Crippen molar-refractivity contribution in [3.05, 3.63) is 47.6 Å². The molecule has 0 amide bonds. The van der Waals surface area contributed by atoms with Crippen LogP contribution in [0.2, 0.25) is 0 Å². The molecule has 3 aliphatic rings. The van der Waals surface area contributed by atoms with E-state index in [1.165, 1.54) is 49.7 Å². The summed E-state index contributed by atoms with van der Waals surface area (Å²) >= 11 is 0. The molecule has 0 aliphatic heterocycles. The van der Waals surface area contributed by atoms with E-state index in [1.807, 2.05) is 0 Å². The van der Waals surface area contributed by atoms with Gasteiger partial charge in [-0.1, -0.05) is 49.3 Å². The maximum Gasteiger partial charge on any atom is -0.0279 e. The van der Waals surface area contributed by atoms with Gasteiger partial charge in [-0.15, -0.1) is 0 Å². The first-order valence-corrected chi connectivity index (χ1v) is 5.70. The zero-order chi connectivity index (χ0) is 9.64. The van der Waals surface area contributed by atoms with E-state index in [4.69, 9.17) is 0 Å². The monoisotopic (exact) mass is 186 g/mol. The molecule has 0 saturated heterocycles. The SMILES string of the molecule is C1=C\C2=C/C=C\C(=C/1)CCCCCC2. The number of hydrogen-bond acceptors (Lipinski definition) is 0. The zero-order valence-corrected chi connectivity index (χ0v) is 8.71. The fourth-order valence-corrected chi connectivity index (χ4v) is 2.05. The van der Waals surface area contributed by atoms with Crippen LogP contribution in [0.4, 0.5) is 0 Å². The van der Waals surface area contributed by atoms with Crippen LogP contribution >= 0.6 is 0 Å². The Kier molecular flexibility index (Phi) is 3.39. The first kappa shape index (κ1) is 9.51.